The van der Waals surface area contributed by atoms with Crippen molar-refractivity contribution in [2.24, 2.45) is 0 Å². The van der Waals surface area contributed by atoms with E-state index in [1.807, 2.05) is 0 Å². The van der Waals surface area contributed by atoms with Crippen molar-refractivity contribution >= 4 is 11.9 Å². The van der Waals surface area contributed by atoms with Crippen LogP contribution in [0.25, 0.3) is 0 Å². The Morgan fingerprint density at radius 1 is 1.53 bits per heavy atom. The number of carboxylic acid groups (broad SMARTS) is 1. The number of rotatable bonds is 5. The van der Waals surface area contributed by atoms with Gasteiger partial charge >= 0.3 is 5.97 Å². The van der Waals surface area contributed by atoms with Crippen LogP contribution in [0, 0.1) is 0 Å². The smallest absolute Gasteiger partial charge is 0.305 e. The first-order chi connectivity index (χ1) is 8.04. The topological polar surface area (TPSA) is 99.3 Å². The van der Waals surface area contributed by atoms with Crippen molar-refractivity contribution in [2.45, 2.75) is 25.8 Å². The van der Waals surface area contributed by atoms with E-state index in [2.05, 4.69) is 10.3 Å². The second-order valence-corrected chi connectivity index (χ2v) is 3.60. The first kappa shape index (κ1) is 13.0. The summed E-state index contributed by atoms with van der Waals surface area (Å²) in [6, 6.07) is 0.771. The Hall–Kier alpha value is -2.11. The summed E-state index contributed by atoms with van der Waals surface area (Å²) in [5.41, 5.74) is -0.414. The molecule has 0 aliphatic heterocycles. The molecule has 1 aromatic heterocycles. The Bertz CT molecular complexity index is 467. The van der Waals surface area contributed by atoms with Crippen molar-refractivity contribution in [3.63, 3.8) is 0 Å². The lowest BCUT2D eigenvalue weighted by atomic mass is 10.1. The second-order valence-electron chi connectivity index (χ2n) is 3.60. The van der Waals surface area contributed by atoms with E-state index in [-0.39, 0.29) is 12.0 Å². The second kappa shape index (κ2) is 5.83. The molecule has 1 rings (SSSR count). The molecule has 0 spiro atoms. The molecule has 0 aliphatic carbocycles. The van der Waals surface area contributed by atoms with Crippen LogP contribution in [0.15, 0.2) is 23.3 Å². The lowest BCUT2D eigenvalue weighted by molar-refractivity contribution is -0.137. The zero-order valence-electron chi connectivity index (χ0n) is 9.40. The maximum Gasteiger partial charge on any atom is 0.305 e. The van der Waals surface area contributed by atoms with Gasteiger partial charge in [-0.2, -0.15) is 0 Å². The van der Waals surface area contributed by atoms with Crippen LogP contribution in [0.4, 0.5) is 0 Å². The fraction of sp³-hybridized carbons (Fsp3) is 0.364. The van der Waals surface area contributed by atoms with Crippen molar-refractivity contribution in [3.05, 3.63) is 34.2 Å². The minimum Gasteiger partial charge on any atom is -0.481 e. The Morgan fingerprint density at radius 2 is 2.24 bits per heavy atom. The van der Waals surface area contributed by atoms with Gasteiger partial charge in [0, 0.05) is 24.5 Å². The van der Waals surface area contributed by atoms with Crippen molar-refractivity contribution in [1.82, 2.24) is 10.3 Å². The molecule has 0 saturated heterocycles. The first-order valence-electron chi connectivity index (χ1n) is 5.24. The molecule has 0 bridgehead atoms. The van der Waals surface area contributed by atoms with E-state index in [0.717, 1.165) is 0 Å². The van der Waals surface area contributed by atoms with E-state index in [1.54, 1.807) is 6.92 Å². The number of hydrogen-bond acceptors (Lipinski definition) is 3. The predicted octanol–water partition coefficient (Wildman–Crippen LogP) is 0.358. The van der Waals surface area contributed by atoms with Gasteiger partial charge in [0.2, 0.25) is 0 Å². The summed E-state index contributed by atoms with van der Waals surface area (Å²) in [6.45, 7) is 1.77. The third-order valence-corrected chi connectivity index (χ3v) is 2.32. The molecule has 92 valence electrons. The maximum absolute atomic E-state index is 11.7. The Balaban J connectivity index is 2.75. The molecule has 1 amide bonds. The number of H-pyrrole nitrogens is 1. The fourth-order valence-corrected chi connectivity index (χ4v) is 1.36. The predicted molar refractivity (Wildman–Crippen MR) is 60.9 cm³/mol. The average molecular weight is 238 g/mol. The maximum atomic E-state index is 11.7. The highest BCUT2D eigenvalue weighted by Gasteiger charge is 2.16. The van der Waals surface area contributed by atoms with Crippen molar-refractivity contribution in [1.29, 1.82) is 0 Å². The molecule has 0 saturated carbocycles. The monoisotopic (exact) mass is 238 g/mol. The molecule has 1 unspecified atom stereocenters. The van der Waals surface area contributed by atoms with Crippen molar-refractivity contribution < 1.29 is 14.7 Å². The van der Waals surface area contributed by atoms with Gasteiger partial charge in [-0.15, -0.1) is 0 Å². The summed E-state index contributed by atoms with van der Waals surface area (Å²) in [5.74, 6) is -1.54. The van der Waals surface area contributed by atoms with E-state index in [4.69, 9.17) is 5.11 Å². The van der Waals surface area contributed by atoms with E-state index < -0.39 is 23.3 Å². The van der Waals surface area contributed by atoms with Gasteiger partial charge in [-0.25, -0.2) is 0 Å². The Morgan fingerprint density at radius 3 is 2.76 bits per heavy atom. The molecule has 1 aromatic rings. The number of carboxylic acids is 1. The summed E-state index contributed by atoms with van der Waals surface area (Å²) in [6.07, 6.45) is 3.05. The number of carbonyl (C=O) groups excluding carboxylic acids is 1. The van der Waals surface area contributed by atoms with Gasteiger partial charge in [0.15, 0.2) is 5.43 Å². The summed E-state index contributed by atoms with van der Waals surface area (Å²) >= 11 is 0. The summed E-state index contributed by atoms with van der Waals surface area (Å²) < 4.78 is 0. The molecule has 0 aromatic carbocycles. The molecule has 6 heteroatoms. The van der Waals surface area contributed by atoms with Crippen LogP contribution in [0.1, 0.15) is 30.1 Å². The van der Waals surface area contributed by atoms with Crippen LogP contribution < -0.4 is 10.7 Å². The normalized spacial score (nSPS) is 11.8. The van der Waals surface area contributed by atoms with Crippen LogP contribution in [0.3, 0.4) is 0 Å². The SMILES string of the molecule is CCC(CC(=O)O)NC(=O)c1c[nH]ccc1=O. The highest BCUT2D eigenvalue weighted by Crippen LogP contribution is 1.99. The largest absolute Gasteiger partial charge is 0.481 e. The van der Waals surface area contributed by atoms with E-state index in [0.29, 0.717) is 6.42 Å². The van der Waals surface area contributed by atoms with E-state index in [1.165, 1.54) is 18.5 Å². The number of hydrogen-bond donors (Lipinski definition) is 3. The van der Waals surface area contributed by atoms with Crippen LogP contribution in [-0.2, 0) is 4.79 Å². The third-order valence-electron chi connectivity index (χ3n) is 2.32. The van der Waals surface area contributed by atoms with Crippen LogP contribution >= 0.6 is 0 Å². The molecule has 3 N–H and O–H groups in total. The Kier molecular flexibility index (Phi) is 4.45. The molecule has 1 heterocycles. The number of aliphatic carboxylic acids is 1. The zero-order chi connectivity index (χ0) is 12.8. The van der Waals surface area contributed by atoms with E-state index in [9.17, 15) is 14.4 Å². The van der Waals surface area contributed by atoms with E-state index >= 15 is 0 Å². The molecular formula is C11H14N2O4. The zero-order valence-corrected chi connectivity index (χ0v) is 9.40. The minimum absolute atomic E-state index is 0.0173. The van der Waals surface area contributed by atoms with Crippen LogP contribution in [-0.4, -0.2) is 28.0 Å². The highest BCUT2D eigenvalue weighted by molar-refractivity contribution is 5.94. The van der Waals surface area contributed by atoms with Crippen molar-refractivity contribution in [3.8, 4) is 0 Å². The van der Waals surface area contributed by atoms with Gasteiger partial charge in [-0.05, 0) is 6.42 Å². The van der Waals surface area contributed by atoms with Gasteiger partial charge in [0.05, 0.1) is 6.42 Å². The highest BCUT2D eigenvalue weighted by atomic mass is 16.4. The van der Waals surface area contributed by atoms with Crippen molar-refractivity contribution in [2.75, 3.05) is 0 Å². The van der Waals surface area contributed by atoms with Gasteiger partial charge in [-0.1, -0.05) is 6.92 Å². The van der Waals surface area contributed by atoms with Gasteiger partial charge in [-0.3, -0.25) is 14.4 Å². The van der Waals surface area contributed by atoms with Gasteiger partial charge in [0.1, 0.15) is 5.56 Å². The average Bonchev–Trinajstić information content (AvgIpc) is 2.27. The summed E-state index contributed by atoms with van der Waals surface area (Å²) in [4.78, 5) is 36.2. The first-order valence-corrected chi connectivity index (χ1v) is 5.24. The van der Waals surface area contributed by atoms with Crippen LogP contribution in [0.2, 0.25) is 0 Å². The molecule has 0 radical (unpaired) electrons. The lowest BCUT2D eigenvalue weighted by Gasteiger charge is -2.14. The number of nitrogens with one attached hydrogen (secondary N) is 2. The molecule has 0 aliphatic rings. The van der Waals surface area contributed by atoms with Gasteiger partial charge in [0.25, 0.3) is 5.91 Å². The lowest BCUT2D eigenvalue weighted by Crippen LogP contribution is -2.38. The number of carbonyl (C=O) groups is 2. The van der Waals surface area contributed by atoms with Crippen LogP contribution in [0.5, 0.6) is 0 Å². The molecular weight excluding hydrogens is 224 g/mol. The Labute approximate surface area is 97.7 Å². The fourth-order valence-electron chi connectivity index (χ4n) is 1.36. The number of amides is 1. The minimum atomic E-state index is -0.987. The number of aromatic nitrogens is 1. The summed E-state index contributed by atoms with van der Waals surface area (Å²) in [7, 11) is 0. The number of aromatic amines is 1. The standard InChI is InChI=1S/C11H14N2O4/c1-2-7(5-10(15)16)13-11(17)8-6-12-4-3-9(8)14/h3-4,6-7H,2,5H2,1H3,(H,12,14)(H,13,17)(H,15,16). The molecule has 6 nitrogen and oxygen atoms in total. The molecule has 1 atom stereocenters. The summed E-state index contributed by atoms with van der Waals surface area (Å²) in [5, 5.41) is 11.1. The quantitative estimate of drug-likeness (QED) is 0.689. The van der Waals surface area contributed by atoms with Gasteiger partial charge < -0.3 is 15.4 Å². The molecule has 0 fully saturated rings. The number of pyridine rings is 1. The third kappa shape index (κ3) is 3.75. The molecule has 17 heavy (non-hydrogen) atoms.